The number of hydrogen-bond acceptors (Lipinski definition) is 2. The Morgan fingerprint density at radius 1 is 1.45 bits per heavy atom. The average molecular weight is 171 g/mol. The van der Waals surface area contributed by atoms with Gasteiger partial charge in [0.2, 0.25) is 0 Å². The maximum absolute atomic E-state index is 10.4. The summed E-state index contributed by atoms with van der Waals surface area (Å²) in [5.41, 5.74) is 1.29. The number of esters is 1. The minimum atomic E-state index is -0.422. The van der Waals surface area contributed by atoms with Crippen LogP contribution in [-0.2, 0) is 9.53 Å². The van der Waals surface area contributed by atoms with Gasteiger partial charge in [0.25, 0.3) is 0 Å². The van der Waals surface area contributed by atoms with E-state index in [0.717, 1.165) is 0 Å². The van der Waals surface area contributed by atoms with Gasteiger partial charge in [0.15, 0.2) is 0 Å². The fraction of sp³-hybridized carbons (Fsp3) is 0.125. The molecular formula is C8H7ClO2. The fourth-order valence-electron chi connectivity index (χ4n) is 0.305. The first-order chi connectivity index (χ1) is 5.31. The summed E-state index contributed by atoms with van der Waals surface area (Å²) in [6.45, 7) is 0. The zero-order chi connectivity index (χ0) is 8.53. The first-order valence-electron chi connectivity index (χ1n) is 2.82. The molecule has 0 aliphatic heterocycles. The normalized spacial score (nSPS) is 9.64. The van der Waals surface area contributed by atoms with Crippen molar-refractivity contribution >= 4 is 17.6 Å². The molecule has 11 heavy (non-hydrogen) atoms. The third-order valence-corrected chi connectivity index (χ3v) is 0.860. The van der Waals surface area contributed by atoms with E-state index in [1.54, 1.807) is 0 Å². The lowest BCUT2D eigenvalue weighted by molar-refractivity contribution is -0.134. The standard InChI is InChI=1S/C8H7ClO2/c1-11-8(10)6-4-2-3-5-7-9/h4-7H,1H3/b6-4+,7-5-. The Morgan fingerprint density at radius 3 is 2.64 bits per heavy atom. The molecular weight excluding hydrogens is 164 g/mol. The largest absolute Gasteiger partial charge is 0.466 e. The van der Waals surface area contributed by atoms with Gasteiger partial charge in [-0.1, -0.05) is 23.4 Å². The van der Waals surface area contributed by atoms with Crippen molar-refractivity contribution in [2.75, 3.05) is 7.11 Å². The Labute approximate surface area is 70.5 Å². The molecule has 0 bridgehead atoms. The minimum absolute atomic E-state index is 0.422. The third kappa shape index (κ3) is 6.69. The maximum Gasteiger partial charge on any atom is 0.331 e. The highest BCUT2D eigenvalue weighted by atomic mass is 35.5. The van der Waals surface area contributed by atoms with Crippen molar-refractivity contribution in [3.8, 4) is 11.8 Å². The van der Waals surface area contributed by atoms with Crippen LogP contribution in [0.1, 0.15) is 0 Å². The van der Waals surface area contributed by atoms with Crippen LogP contribution in [0.3, 0.4) is 0 Å². The van der Waals surface area contributed by atoms with Crippen molar-refractivity contribution in [3.05, 3.63) is 23.8 Å². The molecule has 2 nitrogen and oxygen atoms in total. The summed E-state index contributed by atoms with van der Waals surface area (Å²) in [5.74, 6) is 4.68. The highest BCUT2D eigenvalue weighted by Crippen LogP contribution is 1.77. The van der Waals surface area contributed by atoms with Gasteiger partial charge in [0.1, 0.15) is 0 Å². The van der Waals surface area contributed by atoms with Crippen LogP contribution >= 0.6 is 11.6 Å². The first kappa shape index (κ1) is 9.80. The Bertz CT molecular complexity index is 230. The molecule has 0 aromatic carbocycles. The number of carbonyl (C=O) groups excluding carboxylic acids is 1. The summed E-state index contributed by atoms with van der Waals surface area (Å²) in [6.07, 6.45) is 4.08. The number of rotatable bonds is 1. The average Bonchev–Trinajstić information content (AvgIpc) is 2.04. The van der Waals surface area contributed by atoms with Crippen LogP contribution < -0.4 is 0 Å². The van der Waals surface area contributed by atoms with E-state index in [9.17, 15) is 4.79 Å². The number of allylic oxidation sites excluding steroid dienone is 2. The smallest absolute Gasteiger partial charge is 0.331 e. The third-order valence-electron chi connectivity index (χ3n) is 0.734. The SMILES string of the molecule is COC(=O)/C=C/C#C/C=C\Cl. The molecule has 0 aromatic heterocycles. The number of ether oxygens (including phenoxy) is 1. The maximum atomic E-state index is 10.4. The van der Waals surface area contributed by atoms with Gasteiger partial charge in [-0.05, 0) is 12.2 Å². The summed E-state index contributed by atoms with van der Waals surface area (Å²) in [7, 11) is 1.30. The second-order valence-corrected chi connectivity index (χ2v) is 1.69. The molecule has 0 aliphatic rings. The van der Waals surface area contributed by atoms with Gasteiger partial charge in [-0.2, -0.15) is 0 Å². The molecule has 0 atom stereocenters. The van der Waals surface area contributed by atoms with Gasteiger partial charge in [-0.25, -0.2) is 4.79 Å². The van der Waals surface area contributed by atoms with Crippen molar-refractivity contribution in [2.24, 2.45) is 0 Å². The minimum Gasteiger partial charge on any atom is -0.466 e. The molecule has 0 saturated carbocycles. The molecule has 0 aromatic rings. The predicted octanol–water partition coefficient (Wildman–Crippen LogP) is 1.47. The topological polar surface area (TPSA) is 26.3 Å². The lowest BCUT2D eigenvalue weighted by Gasteiger charge is -1.84. The molecule has 0 spiro atoms. The zero-order valence-electron chi connectivity index (χ0n) is 6.00. The van der Waals surface area contributed by atoms with Crippen LogP contribution in [0.2, 0.25) is 0 Å². The van der Waals surface area contributed by atoms with Crippen molar-refractivity contribution in [1.82, 2.24) is 0 Å². The van der Waals surface area contributed by atoms with Crippen molar-refractivity contribution in [2.45, 2.75) is 0 Å². The van der Waals surface area contributed by atoms with E-state index in [1.165, 1.54) is 30.9 Å². The molecule has 0 saturated heterocycles. The van der Waals surface area contributed by atoms with Crippen molar-refractivity contribution < 1.29 is 9.53 Å². The number of methoxy groups -OCH3 is 1. The highest BCUT2D eigenvalue weighted by molar-refractivity contribution is 6.25. The quantitative estimate of drug-likeness (QED) is 0.339. The van der Waals surface area contributed by atoms with E-state index in [1.807, 2.05) is 0 Å². The molecule has 0 heterocycles. The van der Waals surface area contributed by atoms with E-state index in [-0.39, 0.29) is 0 Å². The van der Waals surface area contributed by atoms with E-state index in [4.69, 9.17) is 11.6 Å². The van der Waals surface area contributed by atoms with E-state index >= 15 is 0 Å². The van der Waals surface area contributed by atoms with Gasteiger partial charge < -0.3 is 4.74 Å². The molecule has 0 unspecified atom stereocenters. The summed E-state index contributed by atoms with van der Waals surface area (Å²) in [6, 6.07) is 0. The van der Waals surface area contributed by atoms with Crippen LogP contribution in [0.15, 0.2) is 23.8 Å². The molecule has 0 N–H and O–H groups in total. The van der Waals surface area contributed by atoms with Gasteiger partial charge >= 0.3 is 5.97 Å². The van der Waals surface area contributed by atoms with E-state index < -0.39 is 5.97 Å². The van der Waals surface area contributed by atoms with Crippen molar-refractivity contribution in [3.63, 3.8) is 0 Å². The second kappa shape index (κ2) is 6.91. The Kier molecular flexibility index (Phi) is 6.16. The van der Waals surface area contributed by atoms with Crippen LogP contribution in [0.4, 0.5) is 0 Å². The summed E-state index contributed by atoms with van der Waals surface area (Å²) in [4.78, 5) is 10.4. The Hall–Kier alpha value is -1.20. The van der Waals surface area contributed by atoms with Gasteiger partial charge in [-0.15, -0.1) is 0 Å². The molecule has 0 rings (SSSR count). The van der Waals surface area contributed by atoms with Gasteiger partial charge in [0.05, 0.1) is 7.11 Å². The van der Waals surface area contributed by atoms with Crippen LogP contribution in [0, 0.1) is 11.8 Å². The lowest BCUT2D eigenvalue weighted by Crippen LogP contribution is -1.92. The monoisotopic (exact) mass is 170 g/mol. The second-order valence-electron chi connectivity index (χ2n) is 1.44. The van der Waals surface area contributed by atoms with Crippen LogP contribution in [-0.4, -0.2) is 13.1 Å². The molecule has 0 radical (unpaired) electrons. The van der Waals surface area contributed by atoms with Crippen molar-refractivity contribution in [1.29, 1.82) is 0 Å². The summed E-state index contributed by atoms with van der Waals surface area (Å²) >= 11 is 5.17. The molecule has 0 amide bonds. The Balaban J connectivity index is 3.79. The lowest BCUT2D eigenvalue weighted by atomic mass is 10.5. The first-order valence-corrected chi connectivity index (χ1v) is 3.25. The summed E-state index contributed by atoms with van der Waals surface area (Å²) in [5, 5.41) is 0. The predicted molar refractivity (Wildman–Crippen MR) is 43.9 cm³/mol. The number of carbonyl (C=O) groups is 1. The summed E-state index contributed by atoms with van der Waals surface area (Å²) < 4.78 is 4.32. The highest BCUT2D eigenvalue weighted by Gasteiger charge is 1.85. The van der Waals surface area contributed by atoms with Crippen LogP contribution in [0.25, 0.3) is 0 Å². The molecule has 58 valence electrons. The fourth-order valence-corrected chi connectivity index (χ4v) is 0.368. The molecule has 0 aliphatic carbocycles. The van der Waals surface area contributed by atoms with E-state index in [2.05, 4.69) is 16.6 Å². The van der Waals surface area contributed by atoms with Gasteiger partial charge in [0, 0.05) is 11.6 Å². The number of halogens is 1. The van der Waals surface area contributed by atoms with Gasteiger partial charge in [-0.3, -0.25) is 0 Å². The molecule has 3 heteroatoms. The zero-order valence-corrected chi connectivity index (χ0v) is 6.76. The van der Waals surface area contributed by atoms with Crippen LogP contribution in [0.5, 0.6) is 0 Å². The molecule has 0 fully saturated rings. The number of hydrogen-bond donors (Lipinski definition) is 0. The Morgan fingerprint density at radius 2 is 2.09 bits per heavy atom. The van der Waals surface area contributed by atoms with E-state index in [0.29, 0.717) is 0 Å².